The number of hydrogen-bond acceptors (Lipinski definition) is 4. The normalized spacial score (nSPS) is 29.1. The Kier molecular flexibility index (Phi) is 4.31. The number of esters is 1. The van der Waals surface area contributed by atoms with Gasteiger partial charge in [-0.3, -0.25) is 9.59 Å². The molecule has 144 valence electrons. The Morgan fingerprint density at radius 2 is 1.79 bits per heavy atom. The third-order valence-corrected chi connectivity index (χ3v) is 5.98. The highest BCUT2D eigenvalue weighted by Gasteiger charge is 2.70. The summed E-state index contributed by atoms with van der Waals surface area (Å²) in [5.74, 6) is -2.51. The third kappa shape index (κ3) is 2.56. The molecule has 6 heteroatoms. The molecule has 4 atom stereocenters. The van der Waals surface area contributed by atoms with Crippen LogP contribution in [0.3, 0.4) is 0 Å². The van der Waals surface area contributed by atoms with Crippen molar-refractivity contribution < 1.29 is 24.4 Å². The number of imide groups is 1. The Morgan fingerprint density at radius 3 is 2.43 bits per heavy atom. The first kappa shape index (κ1) is 18.4. The van der Waals surface area contributed by atoms with E-state index in [2.05, 4.69) is 0 Å². The number of amides is 2. The Morgan fingerprint density at radius 1 is 1.07 bits per heavy atom. The molecule has 2 aliphatic heterocycles. The number of anilines is 1. The second-order valence-electron chi connectivity index (χ2n) is 7.73. The summed E-state index contributed by atoms with van der Waals surface area (Å²) in [6.07, 6.45) is 0. The van der Waals surface area contributed by atoms with Crippen molar-refractivity contribution in [2.24, 2.45) is 11.8 Å². The number of carbonyl (C=O) groups excluding carboxylic acids is 3. The minimum atomic E-state index is -1.16. The van der Waals surface area contributed by atoms with Crippen LogP contribution in [0.25, 0.3) is 0 Å². The van der Waals surface area contributed by atoms with Gasteiger partial charge in [-0.1, -0.05) is 48.0 Å². The quantitative estimate of drug-likeness (QED) is 0.645. The van der Waals surface area contributed by atoms with Crippen molar-refractivity contribution in [2.75, 3.05) is 12.0 Å². The van der Waals surface area contributed by atoms with E-state index in [-0.39, 0.29) is 17.9 Å². The zero-order valence-corrected chi connectivity index (χ0v) is 16.1. The number of nitrogens with zero attached hydrogens (tertiary/aromatic N) is 1. The van der Waals surface area contributed by atoms with Crippen LogP contribution in [-0.4, -0.2) is 30.4 Å². The minimum Gasteiger partial charge on any atom is -0.464 e. The van der Waals surface area contributed by atoms with E-state index in [0.29, 0.717) is 5.69 Å². The van der Waals surface area contributed by atoms with Crippen LogP contribution in [0.15, 0.2) is 54.6 Å². The Balaban J connectivity index is 1.84. The molecule has 6 nitrogen and oxygen atoms in total. The zero-order chi connectivity index (χ0) is 20.1. The van der Waals surface area contributed by atoms with E-state index in [4.69, 9.17) is 4.74 Å². The van der Waals surface area contributed by atoms with Crippen molar-refractivity contribution in [3.05, 3.63) is 65.7 Å². The Hall–Kier alpha value is -2.99. The Bertz CT molecular complexity index is 958. The van der Waals surface area contributed by atoms with Gasteiger partial charge in [0.05, 0.1) is 12.8 Å². The molecule has 0 aliphatic carbocycles. The number of benzene rings is 2. The van der Waals surface area contributed by atoms with Crippen molar-refractivity contribution >= 4 is 23.5 Å². The first-order valence-electron chi connectivity index (χ1n) is 9.32. The smallest absolute Gasteiger partial charge is 0.368 e. The minimum absolute atomic E-state index is 0.267. The van der Waals surface area contributed by atoms with Crippen LogP contribution in [0.4, 0.5) is 5.69 Å². The maximum atomic E-state index is 13.4. The Labute approximate surface area is 163 Å². The second-order valence-corrected chi connectivity index (χ2v) is 7.73. The monoisotopic (exact) mass is 379 g/mol. The average Bonchev–Trinajstić information content (AvgIpc) is 3.16. The number of nitrogens with two attached hydrogens (primary N) is 1. The summed E-state index contributed by atoms with van der Waals surface area (Å²) in [5, 5.41) is 1.83. The fraction of sp³-hybridized carbons (Fsp3) is 0.318. The van der Waals surface area contributed by atoms with Gasteiger partial charge in [0.25, 0.3) is 0 Å². The number of hydrogen-bond donors (Lipinski definition) is 1. The molecule has 2 amide bonds. The lowest BCUT2D eigenvalue weighted by atomic mass is 9.80. The van der Waals surface area contributed by atoms with E-state index in [1.807, 2.05) is 42.6 Å². The molecule has 2 N–H and O–H groups in total. The number of fused-ring (bicyclic) bond motifs is 1. The first-order valence-corrected chi connectivity index (χ1v) is 9.32. The van der Waals surface area contributed by atoms with Crippen molar-refractivity contribution in [2.45, 2.75) is 25.4 Å². The van der Waals surface area contributed by atoms with Gasteiger partial charge in [-0.15, -0.1) is 0 Å². The summed E-state index contributed by atoms with van der Waals surface area (Å²) in [6.45, 7) is 3.68. The molecule has 2 aromatic carbocycles. The molecule has 0 spiro atoms. The van der Waals surface area contributed by atoms with Crippen LogP contribution < -0.4 is 10.2 Å². The largest absolute Gasteiger partial charge is 0.464 e. The molecule has 0 saturated carbocycles. The van der Waals surface area contributed by atoms with Crippen LogP contribution in [0.1, 0.15) is 24.1 Å². The first-order chi connectivity index (χ1) is 13.4. The SMILES string of the molecule is COC(=O)[C@@]1(C)[NH2+][C@H](c2cccc(C)c2)[C@@H]2C(=O)N(c3ccccc3)C(=O)[C@H]21. The summed E-state index contributed by atoms with van der Waals surface area (Å²) in [5.41, 5.74) is 1.36. The van der Waals surface area contributed by atoms with Gasteiger partial charge in [0.2, 0.25) is 17.4 Å². The van der Waals surface area contributed by atoms with E-state index in [0.717, 1.165) is 11.1 Å². The predicted molar refractivity (Wildman–Crippen MR) is 102 cm³/mol. The second kappa shape index (κ2) is 6.56. The van der Waals surface area contributed by atoms with Gasteiger partial charge >= 0.3 is 5.97 Å². The van der Waals surface area contributed by atoms with Crippen LogP contribution in [0.2, 0.25) is 0 Å². The molecule has 28 heavy (non-hydrogen) atoms. The van der Waals surface area contributed by atoms with Gasteiger partial charge in [0.15, 0.2) is 0 Å². The van der Waals surface area contributed by atoms with Gasteiger partial charge in [-0.05, 0) is 19.1 Å². The van der Waals surface area contributed by atoms with E-state index in [1.165, 1.54) is 12.0 Å². The van der Waals surface area contributed by atoms with Crippen LogP contribution in [-0.2, 0) is 19.1 Å². The molecule has 2 aliphatic rings. The molecule has 2 heterocycles. The fourth-order valence-electron chi connectivity index (χ4n) is 4.69. The fourth-order valence-corrected chi connectivity index (χ4v) is 4.69. The van der Waals surface area contributed by atoms with Crippen LogP contribution >= 0.6 is 0 Å². The van der Waals surface area contributed by atoms with Crippen molar-refractivity contribution in [1.29, 1.82) is 0 Å². The number of methoxy groups -OCH3 is 1. The number of para-hydroxylation sites is 1. The molecule has 2 fully saturated rings. The number of rotatable bonds is 3. The molecule has 0 radical (unpaired) electrons. The van der Waals surface area contributed by atoms with E-state index in [1.54, 1.807) is 31.2 Å². The van der Waals surface area contributed by atoms with Crippen LogP contribution in [0, 0.1) is 18.8 Å². The molecule has 2 saturated heterocycles. The molecule has 0 aromatic heterocycles. The van der Waals surface area contributed by atoms with Crippen molar-refractivity contribution in [3.63, 3.8) is 0 Å². The van der Waals surface area contributed by atoms with E-state index < -0.39 is 23.3 Å². The predicted octanol–water partition coefficient (Wildman–Crippen LogP) is 1.35. The van der Waals surface area contributed by atoms with Gasteiger partial charge < -0.3 is 10.1 Å². The van der Waals surface area contributed by atoms with E-state index in [9.17, 15) is 14.4 Å². The van der Waals surface area contributed by atoms with Crippen molar-refractivity contribution in [1.82, 2.24) is 0 Å². The standard InChI is InChI=1S/C22H22N2O4/c1-13-8-7-9-14(12-13)18-16-17(22(2,23-18)21(27)28-3)20(26)24(19(16)25)15-10-5-4-6-11-15/h4-12,16-18,23H,1-3H3/p+1/t16-,17+,18-,22+/m1/s1. The lowest BCUT2D eigenvalue weighted by molar-refractivity contribution is -0.730. The van der Waals surface area contributed by atoms with Crippen molar-refractivity contribution in [3.8, 4) is 0 Å². The number of quaternary nitrogens is 1. The summed E-state index contributed by atoms with van der Waals surface area (Å²) >= 11 is 0. The lowest BCUT2D eigenvalue weighted by Gasteiger charge is -2.25. The molecular weight excluding hydrogens is 356 g/mol. The lowest BCUT2D eigenvalue weighted by Crippen LogP contribution is -2.97. The molecular formula is C22H23N2O4+. The van der Waals surface area contributed by atoms with E-state index >= 15 is 0 Å². The topological polar surface area (TPSA) is 80.3 Å². The summed E-state index contributed by atoms with van der Waals surface area (Å²) in [4.78, 5) is 40.7. The van der Waals surface area contributed by atoms with Crippen LogP contribution in [0.5, 0.6) is 0 Å². The third-order valence-electron chi connectivity index (χ3n) is 5.98. The van der Waals surface area contributed by atoms with Gasteiger partial charge in [-0.2, -0.15) is 0 Å². The van der Waals surface area contributed by atoms with Gasteiger partial charge in [0, 0.05) is 12.5 Å². The van der Waals surface area contributed by atoms with Gasteiger partial charge in [-0.25, -0.2) is 9.69 Å². The zero-order valence-electron chi connectivity index (χ0n) is 16.1. The number of aryl methyl sites for hydroxylation is 1. The highest BCUT2D eigenvalue weighted by Crippen LogP contribution is 2.45. The summed E-state index contributed by atoms with van der Waals surface area (Å²) in [7, 11) is 1.31. The highest BCUT2D eigenvalue weighted by molar-refractivity contribution is 6.23. The highest BCUT2D eigenvalue weighted by atomic mass is 16.5. The number of carbonyl (C=O) groups is 3. The van der Waals surface area contributed by atoms with Gasteiger partial charge in [0.1, 0.15) is 17.9 Å². The molecule has 2 aromatic rings. The molecule has 0 unspecified atom stereocenters. The number of ether oxygens (including phenoxy) is 1. The summed E-state index contributed by atoms with van der Waals surface area (Å²) < 4.78 is 5.03. The summed E-state index contributed by atoms with van der Waals surface area (Å²) in [6, 6.07) is 16.4. The molecule has 4 rings (SSSR count). The molecule has 0 bridgehead atoms. The average molecular weight is 379 g/mol. The maximum absolute atomic E-state index is 13.4. The maximum Gasteiger partial charge on any atom is 0.368 e.